The van der Waals surface area contributed by atoms with Crippen molar-refractivity contribution in [1.82, 2.24) is 0 Å². The van der Waals surface area contributed by atoms with Crippen LogP contribution in [0.3, 0.4) is 0 Å². The maximum absolute atomic E-state index is 11.6. The molecular weight excluding hydrogens is 224 g/mol. The van der Waals surface area contributed by atoms with Crippen molar-refractivity contribution in [2.45, 2.75) is 33.6 Å². The minimum Gasteiger partial charge on any atom is -0.423 e. The van der Waals surface area contributed by atoms with E-state index in [4.69, 9.17) is 4.74 Å². The van der Waals surface area contributed by atoms with E-state index in [0.717, 1.165) is 18.4 Å². The molecule has 0 heterocycles. The Morgan fingerprint density at radius 2 is 1.83 bits per heavy atom. The topological polar surface area (TPSA) is 26.3 Å². The van der Waals surface area contributed by atoms with E-state index in [1.54, 1.807) is 18.2 Å². The third-order valence-electron chi connectivity index (χ3n) is 2.42. The molecule has 0 unspecified atom stereocenters. The number of hydrogen-bond acceptors (Lipinski definition) is 2. The third kappa shape index (κ3) is 6.04. The van der Waals surface area contributed by atoms with E-state index in [9.17, 15) is 4.79 Å². The van der Waals surface area contributed by atoms with Crippen molar-refractivity contribution < 1.29 is 9.53 Å². The molecule has 0 aliphatic carbocycles. The lowest BCUT2D eigenvalue weighted by Crippen LogP contribution is -2.04. The fourth-order valence-corrected chi connectivity index (χ4v) is 1.50. The zero-order valence-corrected chi connectivity index (χ0v) is 11.3. The SMILES string of the molecule is CC(C)=CCC/C(C)=C/C(=O)Oc1ccccc1. The molecule has 0 aromatic heterocycles. The number of hydrogen-bond donors (Lipinski definition) is 0. The van der Waals surface area contributed by atoms with Crippen molar-refractivity contribution in [3.8, 4) is 5.75 Å². The van der Waals surface area contributed by atoms with Crippen LogP contribution in [0.1, 0.15) is 33.6 Å². The lowest BCUT2D eigenvalue weighted by Gasteiger charge is -2.02. The van der Waals surface area contributed by atoms with E-state index in [1.807, 2.05) is 25.1 Å². The first-order valence-electron chi connectivity index (χ1n) is 6.15. The van der Waals surface area contributed by atoms with E-state index >= 15 is 0 Å². The molecule has 0 spiro atoms. The molecule has 2 nitrogen and oxygen atoms in total. The number of benzene rings is 1. The highest BCUT2D eigenvalue weighted by Crippen LogP contribution is 2.11. The van der Waals surface area contributed by atoms with Crippen LogP contribution in [0.2, 0.25) is 0 Å². The van der Waals surface area contributed by atoms with Crippen LogP contribution < -0.4 is 4.74 Å². The van der Waals surface area contributed by atoms with Gasteiger partial charge in [0.2, 0.25) is 0 Å². The van der Waals surface area contributed by atoms with E-state index < -0.39 is 0 Å². The van der Waals surface area contributed by atoms with Gasteiger partial charge in [-0.05, 0) is 45.7 Å². The summed E-state index contributed by atoms with van der Waals surface area (Å²) in [6.07, 6.45) is 5.57. The van der Waals surface area contributed by atoms with Crippen LogP contribution in [0.25, 0.3) is 0 Å². The van der Waals surface area contributed by atoms with Crippen molar-refractivity contribution in [1.29, 1.82) is 0 Å². The fraction of sp³-hybridized carbons (Fsp3) is 0.312. The lowest BCUT2D eigenvalue weighted by atomic mass is 10.1. The Bertz CT molecular complexity index is 437. The summed E-state index contributed by atoms with van der Waals surface area (Å²) in [6.45, 7) is 6.09. The van der Waals surface area contributed by atoms with E-state index in [2.05, 4.69) is 19.9 Å². The highest BCUT2D eigenvalue weighted by Gasteiger charge is 2.01. The van der Waals surface area contributed by atoms with Gasteiger partial charge in [-0.25, -0.2) is 4.79 Å². The number of para-hydroxylation sites is 1. The zero-order chi connectivity index (χ0) is 13.4. The van der Waals surface area contributed by atoms with Crippen molar-refractivity contribution in [2.24, 2.45) is 0 Å². The number of ether oxygens (including phenoxy) is 1. The summed E-state index contributed by atoms with van der Waals surface area (Å²) < 4.78 is 5.18. The molecule has 0 bridgehead atoms. The average Bonchev–Trinajstić information content (AvgIpc) is 2.29. The van der Waals surface area contributed by atoms with Crippen LogP contribution in [0, 0.1) is 0 Å². The van der Waals surface area contributed by atoms with Crippen LogP contribution in [-0.2, 0) is 4.79 Å². The number of rotatable bonds is 5. The molecule has 0 saturated heterocycles. The quantitative estimate of drug-likeness (QED) is 0.334. The van der Waals surface area contributed by atoms with Crippen molar-refractivity contribution in [2.75, 3.05) is 0 Å². The van der Waals surface area contributed by atoms with Gasteiger partial charge < -0.3 is 4.74 Å². The Kier molecular flexibility index (Phi) is 5.92. The van der Waals surface area contributed by atoms with Crippen LogP contribution in [0.15, 0.2) is 53.6 Å². The number of carbonyl (C=O) groups excluding carboxylic acids is 1. The summed E-state index contributed by atoms with van der Waals surface area (Å²) in [5, 5.41) is 0. The molecule has 1 rings (SSSR count). The summed E-state index contributed by atoms with van der Waals surface area (Å²) in [7, 11) is 0. The largest absolute Gasteiger partial charge is 0.423 e. The molecule has 0 radical (unpaired) electrons. The molecule has 0 aliphatic heterocycles. The molecule has 0 amide bonds. The van der Waals surface area contributed by atoms with Gasteiger partial charge in [0.25, 0.3) is 0 Å². The molecule has 0 atom stereocenters. The number of carbonyl (C=O) groups is 1. The summed E-state index contributed by atoms with van der Waals surface area (Å²) in [5.41, 5.74) is 2.34. The highest BCUT2D eigenvalue weighted by atomic mass is 16.5. The molecule has 1 aromatic rings. The first-order chi connectivity index (χ1) is 8.58. The molecule has 1 aromatic carbocycles. The maximum atomic E-state index is 11.6. The summed E-state index contributed by atoms with van der Waals surface area (Å²) >= 11 is 0. The number of allylic oxidation sites excluding steroid dienone is 3. The molecule has 0 saturated carbocycles. The van der Waals surface area contributed by atoms with Gasteiger partial charge in [0.15, 0.2) is 0 Å². The molecule has 0 aliphatic rings. The van der Waals surface area contributed by atoms with Crippen molar-refractivity contribution in [3.05, 3.63) is 53.6 Å². The van der Waals surface area contributed by atoms with Crippen LogP contribution in [0.4, 0.5) is 0 Å². The summed E-state index contributed by atoms with van der Waals surface area (Å²) in [6, 6.07) is 9.11. The van der Waals surface area contributed by atoms with Crippen LogP contribution >= 0.6 is 0 Å². The Morgan fingerprint density at radius 1 is 1.17 bits per heavy atom. The second-order valence-corrected chi connectivity index (χ2v) is 4.54. The Morgan fingerprint density at radius 3 is 2.44 bits per heavy atom. The third-order valence-corrected chi connectivity index (χ3v) is 2.42. The lowest BCUT2D eigenvalue weighted by molar-refractivity contribution is -0.129. The van der Waals surface area contributed by atoms with Gasteiger partial charge >= 0.3 is 5.97 Å². The van der Waals surface area contributed by atoms with Gasteiger partial charge in [-0.1, -0.05) is 35.4 Å². The standard InChI is InChI=1S/C16H20O2/c1-13(2)8-7-9-14(3)12-16(17)18-15-10-5-4-6-11-15/h4-6,8,10-12H,7,9H2,1-3H3/b14-12+. The monoisotopic (exact) mass is 244 g/mol. The molecular formula is C16H20O2. The van der Waals surface area contributed by atoms with Gasteiger partial charge in [0.1, 0.15) is 5.75 Å². The first kappa shape index (κ1) is 14.2. The molecule has 0 fully saturated rings. The normalized spacial score (nSPS) is 10.9. The number of esters is 1. The minimum absolute atomic E-state index is 0.309. The summed E-state index contributed by atoms with van der Waals surface area (Å²) in [4.78, 5) is 11.6. The molecule has 2 heteroatoms. The van der Waals surface area contributed by atoms with Crippen molar-refractivity contribution in [3.63, 3.8) is 0 Å². The smallest absolute Gasteiger partial charge is 0.336 e. The van der Waals surface area contributed by atoms with Gasteiger partial charge in [0, 0.05) is 6.08 Å². The first-order valence-corrected chi connectivity index (χ1v) is 6.15. The Labute approximate surface area is 109 Å². The van der Waals surface area contributed by atoms with E-state index in [1.165, 1.54) is 5.57 Å². The van der Waals surface area contributed by atoms with E-state index in [0.29, 0.717) is 5.75 Å². The maximum Gasteiger partial charge on any atom is 0.336 e. The van der Waals surface area contributed by atoms with Gasteiger partial charge in [0.05, 0.1) is 0 Å². The molecule has 0 N–H and O–H groups in total. The highest BCUT2D eigenvalue weighted by molar-refractivity contribution is 5.84. The predicted molar refractivity (Wildman–Crippen MR) is 74.5 cm³/mol. The van der Waals surface area contributed by atoms with Gasteiger partial charge in [-0.2, -0.15) is 0 Å². The average molecular weight is 244 g/mol. The zero-order valence-electron chi connectivity index (χ0n) is 11.3. The van der Waals surface area contributed by atoms with E-state index in [-0.39, 0.29) is 5.97 Å². The summed E-state index contributed by atoms with van der Waals surface area (Å²) in [5.74, 6) is 0.270. The van der Waals surface area contributed by atoms with Crippen molar-refractivity contribution >= 4 is 5.97 Å². The Hall–Kier alpha value is -1.83. The van der Waals surface area contributed by atoms with Gasteiger partial charge in [-0.3, -0.25) is 0 Å². The van der Waals surface area contributed by atoms with Crippen LogP contribution in [-0.4, -0.2) is 5.97 Å². The fourth-order valence-electron chi connectivity index (χ4n) is 1.50. The second kappa shape index (κ2) is 7.49. The Balaban J connectivity index is 2.45. The second-order valence-electron chi connectivity index (χ2n) is 4.54. The van der Waals surface area contributed by atoms with Crippen LogP contribution in [0.5, 0.6) is 5.75 Å². The minimum atomic E-state index is -0.309. The predicted octanol–water partition coefficient (Wildman–Crippen LogP) is 4.28. The van der Waals surface area contributed by atoms with Gasteiger partial charge in [-0.15, -0.1) is 0 Å². The molecule has 18 heavy (non-hydrogen) atoms. The molecule has 96 valence electrons.